The molecule has 1 aliphatic rings. The lowest BCUT2D eigenvalue weighted by Gasteiger charge is -2.17. The molecule has 1 aromatic heterocycles. The molecule has 8 nitrogen and oxygen atoms in total. The molecule has 0 radical (unpaired) electrons. The van der Waals surface area contributed by atoms with E-state index in [1.165, 1.54) is 43.2 Å². The fourth-order valence-corrected chi connectivity index (χ4v) is 4.91. The van der Waals surface area contributed by atoms with Crippen molar-refractivity contribution in [3.8, 4) is 11.9 Å². The molecular formula is C24H22FN3O5S2. The summed E-state index contributed by atoms with van der Waals surface area (Å²) in [4.78, 5) is 40.1. The van der Waals surface area contributed by atoms with Crippen molar-refractivity contribution in [2.75, 3.05) is 20.3 Å². The van der Waals surface area contributed by atoms with Crippen LogP contribution in [0.4, 0.5) is 4.39 Å². The summed E-state index contributed by atoms with van der Waals surface area (Å²) in [6.07, 6.45) is 1.79. The molecule has 0 unspecified atom stereocenters. The van der Waals surface area contributed by atoms with Gasteiger partial charge in [0.2, 0.25) is 5.88 Å². The monoisotopic (exact) mass is 515 g/mol. The lowest BCUT2D eigenvalue weighted by Crippen LogP contribution is -2.31. The van der Waals surface area contributed by atoms with Gasteiger partial charge in [-0.15, -0.1) is 0 Å². The van der Waals surface area contributed by atoms with Gasteiger partial charge in [-0.05, 0) is 42.7 Å². The van der Waals surface area contributed by atoms with Crippen molar-refractivity contribution in [1.82, 2.24) is 9.47 Å². The minimum Gasteiger partial charge on any atom is -0.494 e. The van der Waals surface area contributed by atoms with Gasteiger partial charge in [0, 0.05) is 33.2 Å². The second kappa shape index (κ2) is 11.4. The van der Waals surface area contributed by atoms with E-state index in [1.54, 1.807) is 6.08 Å². The standard InChI is InChI=1S/C24H22FN3O5S2/c1-14-17(13-26)21(30)27(9-3-11-33-2)23(32)20(14)18(29)8-10-28-22(31)19(35-24(28)34)12-15-4-6-16(25)7-5-15/h4-7,12,32H,3,8-11H2,1-2H3/b19-12-. The first-order valence-electron chi connectivity index (χ1n) is 10.6. The van der Waals surface area contributed by atoms with E-state index in [4.69, 9.17) is 17.0 Å². The highest BCUT2D eigenvalue weighted by Crippen LogP contribution is 2.33. The normalized spacial score (nSPS) is 14.6. The van der Waals surface area contributed by atoms with Crippen molar-refractivity contribution >= 4 is 46.1 Å². The third-order valence-electron chi connectivity index (χ3n) is 5.41. The highest BCUT2D eigenvalue weighted by molar-refractivity contribution is 8.26. The maximum Gasteiger partial charge on any atom is 0.271 e. The van der Waals surface area contributed by atoms with E-state index < -0.39 is 23.0 Å². The first kappa shape index (κ1) is 26.3. The van der Waals surface area contributed by atoms with Gasteiger partial charge in [-0.25, -0.2) is 4.39 Å². The Morgan fingerprint density at radius 2 is 1.97 bits per heavy atom. The number of carbonyl (C=O) groups excluding carboxylic acids is 2. The van der Waals surface area contributed by atoms with Crippen molar-refractivity contribution in [3.63, 3.8) is 0 Å². The number of ether oxygens (including phenoxy) is 1. The van der Waals surface area contributed by atoms with E-state index >= 15 is 0 Å². The highest BCUT2D eigenvalue weighted by atomic mass is 32.2. The molecule has 1 aliphatic heterocycles. The predicted octanol–water partition coefficient (Wildman–Crippen LogP) is 3.38. The van der Waals surface area contributed by atoms with Gasteiger partial charge in [0.05, 0.1) is 10.5 Å². The van der Waals surface area contributed by atoms with Gasteiger partial charge >= 0.3 is 0 Å². The first-order valence-corrected chi connectivity index (χ1v) is 11.8. The Labute approximate surface area is 210 Å². The number of hydrogen-bond acceptors (Lipinski definition) is 8. The number of ketones is 1. The number of halogens is 1. The number of amides is 1. The number of pyridine rings is 1. The molecule has 0 saturated carbocycles. The van der Waals surface area contributed by atoms with Crippen LogP contribution in [0.5, 0.6) is 5.88 Å². The minimum absolute atomic E-state index is 0.0478. The van der Waals surface area contributed by atoms with E-state index in [1.807, 2.05) is 6.07 Å². The van der Waals surface area contributed by atoms with E-state index in [-0.39, 0.29) is 46.4 Å². The summed E-state index contributed by atoms with van der Waals surface area (Å²) in [6.45, 7) is 1.77. The van der Waals surface area contributed by atoms with Crippen molar-refractivity contribution in [3.05, 3.63) is 67.6 Å². The Bertz CT molecular complexity index is 1310. The van der Waals surface area contributed by atoms with Crippen LogP contribution in [0, 0.1) is 24.1 Å². The first-order chi connectivity index (χ1) is 16.7. The fourth-order valence-electron chi connectivity index (χ4n) is 3.60. The zero-order valence-electron chi connectivity index (χ0n) is 19.0. The highest BCUT2D eigenvalue weighted by Gasteiger charge is 2.33. The number of rotatable bonds is 9. The lowest BCUT2D eigenvalue weighted by molar-refractivity contribution is -0.122. The number of benzene rings is 1. The van der Waals surface area contributed by atoms with Crippen molar-refractivity contribution in [1.29, 1.82) is 5.26 Å². The summed E-state index contributed by atoms with van der Waals surface area (Å²) in [7, 11) is 1.50. The number of thioether (sulfide) groups is 1. The second-order valence-electron chi connectivity index (χ2n) is 7.67. The number of aromatic hydroxyl groups is 1. The third-order valence-corrected chi connectivity index (χ3v) is 6.79. The maximum absolute atomic E-state index is 13.1. The smallest absolute Gasteiger partial charge is 0.271 e. The molecule has 1 fully saturated rings. The molecule has 11 heteroatoms. The van der Waals surface area contributed by atoms with E-state index in [2.05, 4.69) is 0 Å². The third kappa shape index (κ3) is 5.67. The SMILES string of the molecule is COCCCn1c(O)c(C(=O)CCN2C(=O)/C(=C/c3ccc(F)cc3)SC2=S)c(C)c(C#N)c1=O. The van der Waals surface area contributed by atoms with Crippen LogP contribution >= 0.6 is 24.0 Å². The second-order valence-corrected chi connectivity index (χ2v) is 9.35. The average Bonchev–Trinajstić information content (AvgIpc) is 3.08. The summed E-state index contributed by atoms with van der Waals surface area (Å²) in [5.74, 6) is -1.83. The lowest BCUT2D eigenvalue weighted by atomic mass is 9.99. The van der Waals surface area contributed by atoms with Crippen molar-refractivity contribution in [2.24, 2.45) is 0 Å². The number of aromatic nitrogens is 1. The average molecular weight is 516 g/mol. The van der Waals surface area contributed by atoms with Crippen molar-refractivity contribution in [2.45, 2.75) is 26.3 Å². The van der Waals surface area contributed by atoms with Crippen LogP contribution in [-0.4, -0.2) is 50.8 Å². The van der Waals surface area contributed by atoms with E-state index in [0.29, 0.717) is 23.5 Å². The van der Waals surface area contributed by atoms with Gasteiger partial charge in [0.25, 0.3) is 11.5 Å². The largest absolute Gasteiger partial charge is 0.494 e. The Hall–Kier alpha value is -3.33. The Morgan fingerprint density at radius 1 is 1.29 bits per heavy atom. The quantitative estimate of drug-likeness (QED) is 0.234. The molecule has 1 N–H and O–H groups in total. The van der Waals surface area contributed by atoms with Crippen LogP contribution in [0.1, 0.15) is 39.9 Å². The van der Waals surface area contributed by atoms with E-state index in [0.717, 1.165) is 16.3 Å². The van der Waals surface area contributed by atoms with Gasteiger partial charge < -0.3 is 9.84 Å². The Kier molecular flexibility index (Phi) is 8.56. The maximum atomic E-state index is 13.1. The van der Waals surface area contributed by atoms with Gasteiger partial charge in [-0.2, -0.15) is 5.26 Å². The molecular weight excluding hydrogens is 493 g/mol. The number of carbonyl (C=O) groups is 2. The summed E-state index contributed by atoms with van der Waals surface area (Å²) in [5.41, 5.74) is -0.326. The van der Waals surface area contributed by atoms with Gasteiger partial charge in [-0.3, -0.25) is 23.9 Å². The summed E-state index contributed by atoms with van der Waals surface area (Å²) < 4.78 is 19.4. The zero-order chi connectivity index (χ0) is 25.7. The van der Waals surface area contributed by atoms with Crippen LogP contribution < -0.4 is 5.56 Å². The summed E-state index contributed by atoms with van der Waals surface area (Å²) in [6, 6.07) is 7.44. The zero-order valence-corrected chi connectivity index (χ0v) is 20.7. The molecule has 1 saturated heterocycles. The van der Waals surface area contributed by atoms with Crippen LogP contribution in [0.2, 0.25) is 0 Å². The fraction of sp³-hybridized carbons (Fsp3) is 0.292. The van der Waals surface area contributed by atoms with Gasteiger partial charge in [0.1, 0.15) is 21.8 Å². The van der Waals surface area contributed by atoms with Crippen LogP contribution in [0.25, 0.3) is 6.08 Å². The van der Waals surface area contributed by atoms with E-state index in [9.17, 15) is 29.1 Å². The number of hydrogen-bond donors (Lipinski definition) is 1. The van der Waals surface area contributed by atoms with Crippen LogP contribution in [0.15, 0.2) is 34.0 Å². The molecule has 2 aromatic rings. The number of nitriles is 1. The summed E-state index contributed by atoms with van der Waals surface area (Å²) >= 11 is 6.37. The molecule has 2 heterocycles. The molecule has 35 heavy (non-hydrogen) atoms. The molecule has 182 valence electrons. The van der Waals surface area contributed by atoms with Crippen molar-refractivity contribution < 1.29 is 23.8 Å². The Balaban J connectivity index is 1.81. The topological polar surface area (TPSA) is 113 Å². The van der Waals surface area contributed by atoms with Crippen LogP contribution in [0.3, 0.4) is 0 Å². The number of nitrogens with zero attached hydrogens (tertiary/aromatic N) is 3. The molecule has 1 aromatic carbocycles. The summed E-state index contributed by atoms with van der Waals surface area (Å²) in [5, 5.41) is 20.2. The van der Waals surface area contributed by atoms with Crippen LogP contribution in [-0.2, 0) is 16.1 Å². The molecule has 0 bridgehead atoms. The predicted molar refractivity (Wildman–Crippen MR) is 134 cm³/mol. The number of thiocarbonyl (C=S) groups is 1. The van der Waals surface area contributed by atoms with Gasteiger partial charge in [-0.1, -0.05) is 36.1 Å². The molecule has 3 rings (SSSR count). The molecule has 0 aliphatic carbocycles. The molecule has 1 amide bonds. The Morgan fingerprint density at radius 3 is 2.60 bits per heavy atom. The van der Waals surface area contributed by atoms with Gasteiger partial charge in [0.15, 0.2) is 5.78 Å². The molecule has 0 atom stereocenters. The number of Topliss-reactive ketones (excluding diaryl/α,β-unsaturated/α-hetero) is 1. The molecule has 0 spiro atoms. The number of methoxy groups -OCH3 is 1. The minimum atomic E-state index is -0.682.